The van der Waals surface area contributed by atoms with Crippen LogP contribution < -0.4 is 0 Å². The molecule has 5 nitrogen and oxygen atoms in total. The van der Waals surface area contributed by atoms with E-state index in [1.165, 1.54) is 5.57 Å². The van der Waals surface area contributed by atoms with E-state index >= 15 is 0 Å². The van der Waals surface area contributed by atoms with Crippen molar-refractivity contribution in [3.8, 4) is 0 Å². The number of alkyl halides is 1. The monoisotopic (exact) mass is 446 g/mol. The molecular formula is C21H31FO5S2. The van der Waals surface area contributed by atoms with Gasteiger partial charge in [-0.25, -0.2) is 4.39 Å². The van der Waals surface area contributed by atoms with Crippen molar-refractivity contribution in [2.24, 2.45) is 35.0 Å². The van der Waals surface area contributed by atoms with Gasteiger partial charge in [-0.3, -0.25) is 9.35 Å². The first-order valence-electron chi connectivity index (χ1n) is 10.7. The van der Waals surface area contributed by atoms with Crippen LogP contribution >= 0.6 is 10.8 Å². The van der Waals surface area contributed by atoms with Crippen LogP contribution in [0.2, 0.25) is 0 Å². The molecule has 4 aliphatic carbocycles. The third-order valence-electron chi connectivity index (χ3n) is 8.58. The van der Waals surface area contributed by atoms with Gasteiger partial charge in [-0.05, 0) is 80.5 Å². The van der Waals surface area contributed by atoms with E-state index in [0.717, 1.165) is 38.5 Å². The van der Waals surface area contributed by atoms with Gasteiger partial charge in [-0.15, -0.1) is 0 Å². The van der Waals surface area contributed by atoms with E-state index in [1.807, 2.05) is 0 Å². The van der Waals surface area contributed by atoms with Gasteiger partial charge in [0.2, 0.25) is 0 Å². The molecule has 3 saturated carbocycles. The minimum Gasteiger partial charge on any atom is -0.387 e. The summed E-state index contributed by atoms with van der Waals surface area (Å²) < 4.78 is 44.3. The molecular weight excluding hydrogens is 415 g/mol. The van der Waals surface area contributed by atoms with Gasteiger partial charge in [0.15, 0.2) is 0 Å². The fourth-order valence-electron chi connectivity index (χ4n) is 7.24. The smallest absolute Gasteiger partial charge is 0.320 e. The van der Waals surface area contributed by atoms with Crippen molar-refractivity contribution < 1.29 is 27.3 Å². The lowest BCUT2D eigenvalue weighted by atomic mass is 9.51. The van der Waals surface area contributed by atoms with Crippen molar-refractivity contribution in [3.63, 3.8) is 0 Å². The van der Waals surface area contributed by atoms with Crippen LogP contribution in [-0.4, -0.2) is 41.9 Å². The second-order valence-corrected chi connectivity index (χ2v) is 13.3. The first kappa shape index (κ1) is 21.8. The Hall–Kier alpha value is -0.440. The summed E-state index contributed by atoms with van der Waals surface area (Å²) in [7, 11) is -3.88. The van der Waals surface area contributed by atoms with Gasteiger partial charge in [0.1, 0.15) is 12.5 Å². The van der Waals surface area contributed by atoms with E-state index in [0.29, 0.717) is 47.3 Å². The molecule has 7 atom stereocenters. The minimum absolute atomic E-state index is 0.0613. The molecule has 0 amide bonds. The average Bonchev–Trinajstić information content (AvgIpc) is 3.02. The normalized spacial score (nSPS) is 44.4. The highest BCUT2D eigenvalue weighted by molar-refractivity contribution is 8.70. The van der Waals surface area contributed by atoms with Gasteiger partial charge in [0.25, 0.3) is 0 Å². The topological polar surface area (TPSA) is 91.7 Å². The number of ketones is 1. The van der Waals surface area contributed by atoms with Crippen LogP contribution in [0.25, 0.3) is 0 Å². The van der Waals surface area contributed by atoms with Crippen LogP contribution in [-0.2, 0) is 13.9 Å². The van der Waals surface area contributed by atoms with E-state index in [9.17, 15) is 22.7 Å². The van der Waals surface area contributed by atoms with Crippen molar-refractivity contribution in [3.05, 3.63) is 11.6 Å². The predicted octanol–water partition coefficient (Wildman–Crippen LogP) is 3.98. The van der Waals surface area contributed by atoms with E-state index < -0.39 is 21.4 Å². The maximum atomic E-state index is 13.3. The third kappa shape index (κ3) is 3.94. The lowest BCUT2D eigenvalue weighted by Gasteiger charge is -2.54. The molecule has 4 aliphatic rings. The summed E-state index contributed by atoms with van der Waals surface area (Å²) in [6.45, 7) is 1.51. The molecule has 0 aliphatic heterocycles. The van der Waals surface area contributed by atoms with E-state index in [2.05, 4.69) is 13.0 Å². The molecule has 0 unspecified atom stereocenters. The zero-order valence-corrected chi connectivity index (χ0v) is 18.5. The molecule has 0 bridgehead atoms. The molecule has 164 valence electrons. The van der Waals surface area contributed by atoms with E-state index in [-0.39, 0.29) is 22.9 Å². The fraction of sp³-hybridized carbons (Fsp3) is 0.857. The summed E-state index contributed by atoms with van der Waals surface area (Å²) >= 11 is 0. The predicted molar refractivity (Wildman–Crippen MR) is 111 cm³/mol. The Bertz CT molecular complexity index is 812. The first-order chi connectivity index (χ1) is 13.6. The number of carbonyl (C=O) groups excluding carboxylic acids is 1. The number of carbonyl (C=O) groups is 1. The van der Waals surface area contributed by atoms with Gasteiger partial charge in [0, 0.05) is 16.7 Å². The van der Waals surface area contributed by atoms with Gasteiger partial charge >= 0.3 is 9.15 Å². The lowest BCUT2D eigenvalue weighted by Crippen LogP contribution is -2.49. The number of aliphatic hydroxyl groups is 1. The molecule has 0 aromatic heterocycles. The number of Topliss-reactive ketones (excluding diaryl/α,β-unsaturated/α-hetero) is 1. The summed E-state index contributed by atoms with van der Waals surface area (Å²) in [6, 6.07) is 0. The Morgan fingerprint density at radius 2 is 2.00 bits per heavy atom. The molecule has 0 heterocycles. The molecule has 0 saturated heterocycles. The highest BCUT2D eigenvalue weighted by Gasteiger charge is 2.57. The van der Waals surface area contributed by atoms with Crippen LogP contribution in [0.5, 0.6) is 0 Å². The average molecular weight is 447 g/mol. The first-order valence-corrected chi connectivity index (χ1v) is 13.6. The Morgan fingerprint density at radius 3 is 2.69 bits per heavy atom. The Kier molecular flexibility index (Phi) is 5.71. The van der Waals surface area contributed by atoms with Gasteiger partial charge < -0.3 is 5.11 Å². The maximum Gasteiger partial charge on any atom is 0.320 e. The second kappa shape index (κ2) is 7.61. The van der Waals surface area contributed by atoms with Crippen LogP contribution in [0.4, 0.5) is 4.39 Å². The van der Waals surface area contributed by atoms with Gasteiger partial charge in [-0.2, -0.15) is 8.42 Å². The Labute approximate surface area is 176 Å². The molecule has 8 heteroatoms. The van der Waals surface area contributed by atoms with E-state index in [4.69, 9.17) is 4.55 Å². The van der Waals surface area contributed by atoms with Crippen molar-refractivity contribution >= 4 is 25.7 Å². The number of halogens is 1. The van der Waals surface area contributed by atoms with Crippen molar-refractivity contribution in [1.82, 2.24) is 0 Å². The summed E-state index contributed by atoms with van der Waals surface area (Å²) in [4.78, 5) is 12.8. The molecule has 0 spiro atoms. The van der Waals surface area contributed by atoms with Crippen molar-refractivity contribution in [1.29, 1.82) is 0 Å². The zero-order valence-electron chi connectivity index (χ0n) is 16.8. The summed E-state index contributed by atoms with van der Waals surface area (Å²) in [5.41, 5.74) is -0.0671. The molecule has 3 fully saturated rings. The minimum atomic E-state index is -4.20. The van der Waals surface area contributed by atoms with Crippen LogP contribution in [0.1, 0.15) is 58.3 Å². The number of rotatable bonds is 5. The highest BCUT2D eigenvalue weighted by atomic mass is 33.1. The Morgan fingerprint density at radius 1 is 1.24 bits per heavy atom. The highest BCUT2D eigenvalue weighted by Crippen LogP contribution is 2.63. The molecule has 4 rings (SSSR count). The van der Waals surface area contributed by atoms with Crippen molar-refractivity contribution in [2.75, 3.05) is 12.4 Å². The molecule has 0 radical (unpaired) electrons. The lowest BCUT2D eigenvalue weighted by molar-refractivity contribution is -0.126. The maximum absolute atomic E-state index is 13.3. The third-order valence-corrected chi connectivity index (χ3v) is 10.5. The summed E-state index contributed by atoms with van der Waals surface area (Å²) in [5.74, 6) is 1.52. The molecule has 0 aromatic rings. The fourth-order valence-corrected chi connectivity index (χ4v) is 8.50. The zero-order chi connectivity index (χ0) is 21.0. The van der Waals surface area contributed by atoms with Crippen LogP contribution in [0, 0.1) is 35.0 Å². The number of allylic oxidation sites excluding steroid dienone is 1. The van der Waals surface area contributed by atoms with Crippen molar-refractivity contribution in [2.45, 2.75) is 63.9 Å². The largest absolute Gasteiger partial charge is 0.387 e. The number of fused-ring (bicyclic) bond motifs is 5. The van der Waals surface area contributed by atoms with E-state index in [1.54, 1.807) is 0 Å². The quantitative estimate of drug-likeness (QED) is 0.377. The molecule has 29 heavy (non-hydrogen) atoms. The molecule has 2 N–H and O–H groups in total. The van der Waals surface area contributed by atoms with Crippen LogP contribution in [0.15, 0.2) is 11.6 Å². The Balaban J connectivity index is 1.50. The summed E-state index contributed by atoms with van der Waals surface area (Å²) in [6.07, 6.45) is 8.72. The summed E-state index contributed by atoms with van der Waals surface area (Å²) in [5, 5.41) is 10.4. The standard InChI is InChI=1S/C21H31FO5S2/c1-20-8-6-15-14-7-9-21(24,12-22)10-13(14)2-3-16(15)17(20)4-5-18(20)19(23)11-28-29(25,26)27/h2,14-18,24H,3-12H2,1H3,(H,25,26,27)/t14-,15+,16+,17-,18+,20-,21+/m0/s1. The van der Waals surface area contributed by atoms with Gasteiger partial charge in [0.05, 0.1) is 11.4 Å². The second-order valence-electron chi connectivity index (χ2n) is 9.96. The SMILES string of the molecule is C[C@]12CC[C@H]3[C@@H](CC=C4C[C@@](O)(CF)CC[C@@H]43)[C@@H]1CC[C@@H]2C(=O)CSS(=O)(=O)O. The van der Waals surface area contributed by atoms with Gasteiger partial charge in [-0.1, -0.05) is 18.6 Å². The number of hydrogen-bond acceptors (Lipinski definition) is 5. The molecule has 0 aromatic carbocycles. The van der Waals surface area contributed by atoms with Crippen LogP contribution in [0.3, 0.4) is 0 Å². The number of hydrogen-bond donors (Lipinski definition) is 2.